The maximum atomic E-state index is 12.9. The molecule has 0 saturated carbocycles. The van der Waals surface area contributed by atoms with E-state index in [0.717, 1.165) is 11.1 Å². The largest absolute Gasteiger partial charge is 0.434 e. The van der Waals surface area contributed by atoms with Crippen molar-refractivity contribution in [1.29, 1.82) is 0 Å². The van der Waals surface area contributed by atoms with Gasteiger partial charge >= 0.3 is 6.61 Å². The Morgan fingerprint density at radius 1 is 1.22 bits per heavy atom. The Kier molecular flexibility index (Phi) is 4.70. The number of aromatic nitrogens is 3. The van der Waals surface area contributed by atoms with E-state index in [1.165, 1.54) is 12.4 Å². The fraction of sp³-hybridized carbons (Fsp3) is 0.263. The third-order valence-corrected chi connectivity index (χ3v) is 4.98. The summed E-state index contributed by atoms with van der Waals surface area (Å²) < 4.78 is 32.3. The summed E-state index contributed by atoms with van der Waals surface area (Å²) >= 11 is 5.98. The molecular weight excluding hydrogens is 374 g/mol. The average molecular weight is 391 g/mol. The quantitative estimate of drug-likeness (QED) is 0.682. The van der Waals surface area contributed by atoms with Crippen molar-refractivity contribution in [2.45, 2.75) is 32.0 Å². The third kappa shape index (κ3) is 3.47. The molecule has 2 atom stereocenters. The van der Waals surface area contributed by atoms with Crippen molar-refractivity contribution in [2.24, 2.45) is 0 Å². The molecule has 0 bridgehead atoms. The number of nitrogens with zero attached hydrogens (tertiary/aromatic N) is 3. The van der Waals surface area contributed by atoms with Crippen molar-refractivity contribution in [3.8, 4) is 5.75 Å². The molecule has 0 radical (unpaired) electrons. The normalized spacial score (nSPS) is 18.9. The molecule has 0 aliphatic carbocycles. The minimum atomic E-state index is -2.93. The van der Waals surface area contributed by atoms with E-state index in [0.29, 0.717) is 23.0 Å². The summed E-state index contributed by atoms with van der Waals surface area (Å²) in [6.45, 7) is -0.891. The van der Waals surface area contributed by atoms with Crippen LogP contribution in [0.5, 0.6) is 5.75 Å². The van der Waals surface area contributed by atoms with Gasteiger partial charge in [-0.1, -0.05) is 41.9 Å². The number of benzene rings is 2. The van der Waals surface area contributed by atoms with Gasteiger partial charge in [-0.3, -0.25) is 0 Å². The first kappa shape index (κ1) is 17.7. The zero-order valence-electron chi connectivity index (χ0n) is 14.4. The molecule has 0 amide bonds. The second-order valence-corrected chi connectivity index (χ2v) is 6.83. The second kappa shape index (κ2) is 7.15. The number of ether oxygens (including phenoxy) is 1. The van der Waals surface area contributed by atoms with Gasteiger partial charge in [-0.2, -0.15) is 18.9 Å². The van der Waals surface area contributed by atoms with Gasteiger partial charge in [0.1, 0.15) is 12.1 Å². The maximum absolute atomic E-state index is 12.9. The highest BCUT2D eigenvalue weighted by Gasteiger charge is 2.32. The lowest BCUT2D eigenvalue weighted by Gasteiger charge is -2.33. The van der Waals surface area contributed by atoms with Gasteiger partial charge in [-0.15, -0.1) is 0 Å². The Bertz CT molecular complexity index is 962. The van der Waals surface area contributed by atoms with Crippen LogP contribution in [0.2, 0.25) is 5.02 Å². The molecule has 8 heteroatoms. The molecule has 140 valence electrons. The highest BCUT2D eigenvalue weighted by Crippen LogP contribution is 2.41. The molecule has 4 rings (SSSR count). The summed E-state index contributed by atoms with van der Waals surface area (Å²) in [6.07, 6.45) is 2.08. The van der Waals surface area contributed by atoms with Crippen molar-refractivity contribution >= 4 is 17.5 Å². The molecule has 0 unspecified atom stereocenters. The molecular formula is C19H17ClF2N4O. The molecule has 2 aromatic carbocycles. The van der Waals surface area contributed by atoms with Crippen LogP contribution in [0, 0.1) is 6.92 Å². The lowest BCUT2D eigenvalue weighted by molar-refractivity contribution is -0.0506. The SMILES string of the molecule is Cc1ccccc1[C@@H]1C[C@@H](c2ccc(Cl)cc2OC(F)F)Nc2ncnn21. The molecule has 0 spiro atoms. The van der Waals surface area contributed by atoms with Gasteiger partial charge in [0.25, 0.3) is 0 Å². The van der Waals surface area contributed by atoms with Gasteiger partial charge in [0.05, 0.1) is 12.1 Å². The number of hydrogen-bond donors (Lipinski definition) is 1. The predicted molar refractivity (Wildman–Crippen MR) is 98.4 cm³/mol. The van der Waals surface area contributed by atoms with Crippen LogP contribution in [0.15, 0.2) is 48.8 Å². The van der Waals surface area contributed by atoms with E-state index in [4.69, 9.17) is 16.3 Å². The lowest BCUT2D eigenvalue weighted by atomic mass is 9.91. The first-order valence-corrected chi connectivity index (χ1v) is 8.86. The summed E-state index contributed by atoms with van der Waals surface area (Å²) in [7, 11) is 0. The molecule has 3 aromatic rings. The van der Waals surface area contributed by atoms with Crippen LogP contribution in [-0.2, 0) is 0 Å². The Morgan fingerprint density at radius 3 is 2.81 bits per heavy atom. The van der Waals surface area contributed by atoms with E-state index in [1.54, 1.807) is 12.1 Å². The highest BCUT2D eigenvalue weighted by molar-refractivity contribution is 6.30. The van der Waals surface area contributed by atoms with Gasteiger partial charge in [0.2, 0.25) is 5.95 Å². The van der Waals surface area contributed by atoms with Crippen LogP contribution in [0.25, 0.3) is 0 Å². The van der Waals surface area contributed by atoms with Crippen LogP contribution in [0.1, 0.15) is 35.2 Å². The molecule has 27 heavy (non-hydrogen) atoms. The topological polar surface area (TPSA) is 52.0 Å². The van der Waals surface area contributed by atoms with Crippen LogP contribution in [0.4, 0.5) is 14.7 Å². The zero-order valence-corrected chi connectivity index (χ0v) is 15.2. The van der Waals surface area contributed by atoms with Gasteiger partial charge in [-0.25, -0.2) is 4.68 Å². The van der Waals surface area contributed by atoms with E-state index in [9.17, 15) is 8.78 Å². The number of halogens is 3. The fourth-order valence-electron chi connectivity index (χ4n) is 3.54. The van der Waals surface area contributed by atoms with Gasteiger partial charge in [-0.05, 0) is 36.6 Å². The van der Waals surface area contributed by atoms with Gasteiger partial charge < -0.3 is 10.1 Å². The molecule has 1 aromatic heterocycles. The van der Waals surface area contributed by atoms with E-state index < -0.39 is 6.61 Å². The average Bonchev–Trinajstić information content (AvgIpc) is 3.10. The molecule has 1 aliphatic rings. The third-order valence-electron chi connectivity index (χ3n) is 4.75. The van der Waals surface area contributed by atoms with E-state index in [1.807, 2.05) is 35.9 Å². The minimum Gasteiger partial charge on any atom is -0.434 e. The summed E-state index contributed by atoms with van der Waals surface area (Å²) in [4.78, 5) is 4.27. The number of anilines is 1. The van der Waals surface area contributed by atoms with Gasteiger partial charge in [0, 0.05) is 10.6 Å². The second-order valence-electron chi connectivity index (χ2n) is 6.39. The number of nitrogens with one attached hydrogen (secondary N) is 1. The summed E-state index contributed by atoms with van der Waals surface area (Å²) in [5.74, 6) is 0.643. The van der Waals surface area contributed by atoms with Gasteiger partial charge in [0.15, 0.2) is 0 Å². The lowest BCUT2D eigenvalue weighted by Crippen LogP contribution is -2.29. The van der Waals surface area contributed by atoms with Crippen LogP contribution in [0.3, 0.4) is 0 Å². The number of fused-ring (bicyclic) bond motifs is 1. The summed E-state index contributed by atoms with van der Waals surface area (Å²) in [6, 6.07) is 12.5. The smallest absolute Gasteiger partial charge is 0.387 e. The van der Waals surface area contributed by atoms with Crippen molar-refractivity contribution in [3.05, 3.63) is 70.5 Å². The highest BCUT2D eigenvalue weighted by atomic mass is 35.5. The summed E-state index contributed by atoms with van der Waals surface area (Å²) in [5, 5.41) is 7.94. The fourth-order valence-corrected chi connectivity index (χ4v) is 3.70. The molecule has 0 saturated heterocycles. The number of aryl methyl sites for hydroxylation is 1. The first-order valence-electron chi connectivity index (χ1n) is 8.48. The molecule has 0 fully saturated rings. The molecule has 2 heterocycles. The van der Waals surface area contributed by atoms with Crippen LogP contribution >= 0.6 is 11.6 Å². The Morgan fingerprint density at radius 2 is 2.04 bits per heavy atom. The monoisotopic (exact) mass is 390 g/mol. The molecule has 5 nitrogen and oxygen atoms in total. The summed E-state index contributed by atoms with van der Waals surface area (Å²) in [5.41, 5.74) is 2.85. The predicted octanol–water partition coefficient (Wildman–Crippen LogP) is 4.99. The van der Waals surface area contributed by atoms with E-state index in [-0.39, 0.29) is 17.8 Å². The van der Waals surface area contributed by atoms with Crippen LogP contribution in [-0.4, -0.2) is 21.4 Å². The van der Waals surface area contributed by atoms with Crippen molar-refractivity contribution in [2.75, 3.05) is 5.32 Å². The standard InChI is InChI=1S/C19H17ClF2N4O/c1-11-4-2-3-5-13(11)16-9-15(25-19-23-10-24-26(16)19)14-7-6-12(20)8-17(14)27-18(21)22/h2-8,10,15-16,18H,9H2,1H3,(H,23,24,25)/t15-,16-/m0/s1. The Hall–Kier alpha value is -2.67. The number of rotatable bonds is 4. The maximum Gasteiger partial charge on any atom is 0.387 e. The van der Waals surface area contributed by atoms with E-state index in [2.05, 4.69) is 15.4 Å². The van der Waals surface area contributed by atoms with E-state index >= 15 is 0 Å². The first-order chi connectivity index (χ1) is 13.0. The Balaban J connectivity index is 1.76. The molecule has 1 N–H and O–H groups in total. The number of hydrogen-bond acceptors (Lipinski definition) is 4. The van der Waals surface area contributed by atoms with Crippen molar-refractivity contribution in [3.63, 3.8) is 0 Å². The van der Waals surface area contributed by atoms with Crippen molar-refractivity contribution in [1.82, 2.24) is 14.8 Å². The van der Waals surface area contributed by atoms with Crippen LogP contribution < -0.4 is 10.1 Å². The Labute approximate surface area is 159 Å². The number of alkyl halides is 2. The minimum absolute atomic E-state index is 0.0616. The van der Waals surface area contributed by atoms with Crippen molar-refractivity contribution < 1.29 is 13.5 Å². The molecule has 1 aliphatic heterocycles. The zero-order chi connectivity index (χ0) is 19.0.